The van der Waals surface area contributed by atoms with Crippen LogP contribution in [0.25, 0.3) is 5.69 Å². The number of ether oxygens (including phenoxy) is 2. The van der Waals surface area contributed by atoms with Gasteiger partial charge in [0.05, 0.1) is 19.5 Å². The number of imidazole rings is 1. The second-order valence-electron chi connectivity index (χ2n) is 6.74. The maximum absolute atomic E-state index is 12.7. The van der Waals surface area contributed by atoms with Gasteiger partial charge in [-0.25, -0.2) is 4.98 Å². The van der Waals surface area contributed by atoms with Gasteiger partial charge in [0, 0.05) is 29.8 Å². The number of hydrogen-bond donors (Lipinski definition) is 1. The third-order valence-corrected chi connectivity index (χ3v) is 5.47. The molecular formula is C22H25N3O3S. The Morgan fingerprint density at radius 3 is 2.41 bits per heavy atom. The number of rotatable bonds is 7. The van der Waals surface area contributed by atoms with Crippen LogP contribution in [0.3, 0.4) is 0 Å². The van der Waals surface area contributed by atoms with Gasteiger partial charge in [0.25, 0.3) is 0 Å². The summed E-state index contributed by atoms with van der Waals surface area (Å²) in [4.78, 5) is 17.1. The summed E-state index contributed by atoms with van der Waals surface area (Å²) in [6.45, 7) is 6.00. The van der Waals surface area contributed by atoms with Gasteiger partial charge in [-0.3, -0.25) is 9.36 Å². The number of methoxy groups -OCH3 is 2. The second-order valence-corrected chi connectivity index (χ2v) is 8.05. The van der Waals surface area contributed by atoms with Gasteiger partial charge in [0.2, 0.25) is 5.91 Å². The third kappa shape index (κ3) is 4.92. The van der Waals surface area contributed by atoms with E-state index in [1.54, 1.807) is 38.6 Å². The highest BCUT2D eigenvalue weighted by Crippen LogP contribution is 2.31. The van der Waals surface area contributed by atoms with Crippen LogP contribution < -0.4 is 14.8 Å². The van der Waals surface area contributed by atoms with Crippen molar-refractivity contribution in [1.29, 1.82) is 0 Å². The first-order valence-electron chi connectivity index (χ1n) is 9.23. The number of aryl methyl sites for hydroxylation is 2. The predicted octanol–water partition coefficient (Wildman–Crippen LogP) is 4.63. The summed E-state index contributed by atoms with van der Waals surface area (Å²) in [5.41, 5.74) is 4.06. The van der Waals surface area contributed by atoms with Gasteiger partial charge in [-0.1, -0.05) is 17.8 Å². The van der Waals surface area contributed by atoms with Crippen molar-refractivity contribution in [1.82, 2.24) is 9.55 Å². The Bertz CT molecular complexity index is 996. The average Bonchev–Trinajstić information content (AvgIpc) is 3.15. The molecule has 1 atom stereocenters. The number of carbonyl (C=O) groups is 1. The first-order valence-corrected chi connectivity index (χ1v) is 10.1. The molecule has 0 aliphatic carbocycles. The molecule has 0 saturated carbocycles. The summed E-state index contributed by atoms with van der Waals surface area (Å²) in [6.07, 6.45) is 3.66. The molecule has 0 aliphatic heterocycles. The Morgan fingerprint density at radius 2 is 1.76 bits per heavy atom. The summed E-state index contributed by atoms with van der Waals surface area (Å²) < 4.78 is 12.5. The molecule has 6 nitrogen and oxygen atoms in total. The first kappa shape index (κ1) is 20.8. The first-order chi connectivity index (χ1) is 13.9. The van der Waals surface area contributed by atoms with Gasteiger partial charge >= 0.3 is 0 Å². The summed E-state index contributed by atoms with van der Waals surface area (Å²) in [6, 6.07) is 11.6. The van der Waals surface area contributed by atoms with Crippen molar-refractivity contribution in [3.63, 3.8) is 0 Å². The van der Waals surface area contributed by atoms with Gasteiger partial charge in [0.15, 0.2) is 16.7 Å². The lowest BCUT2D eigenvalue weighted by atomic mass is 10.1. The Kier molecular flexibility index (Phi) is 6.49. The van der Waals surface area contributed by atoms with Crippen LogP contribution in [0.15, 0.2) is 53.9 Å². The molecule has 0 radical (unpaired) electrons. The molecular weight excluding hydrogens is 386 g/mol. The molecule has 1 amide bonds. The number of benzene rings is 2. The van der Waals surface area contributed by atoms with Crippen molar-refractivity contribution >= 4 is 23.4 Å². The van der Waals surface area contributed by atoms with E-state index in [1.807, 2.05) is 17.7 Å². The summed E-state index contributed by atoms with van der Waals surface area (Å²) in [5.74, 6) is 1.07. The fourth-order valence-electron chi connectivity index (χ4n) is 3.03. The Balaban J connectivity index is 1.73. The molecule has 1 heterocycles. The van der Waals surface area contributed by atoms with Gasteiger partial charge in [0.1, 0.15) is 0 Å². The highest BCUT2D eigenvalue weighted by atomic mass is 32.2. The molecule has 3 rings (SSSR count). The van der Waals surface area contributed by atoms with E-state index in [2.05, 4.69) is 42.3 Å². The molecule has 0 aliphatic rings. The monoisotopic (exact) mass is 411 g/mol. The van der Waals surface area contributed by atoms with Crippen LogP contribution in [0.2, 0.25) is 0 Å². The number of aromatic nitrogens is 2. The zero-order valence-electron chi connectivity index (χ0n) is 17.2. The molecule has 1 N–H and O–H groups in total. The van der Waals surface area contributed by atoms with E-state index < -0.39 is 0 Å². The van der Waals surface area contributed by atoms with Crippen molar-refractivity contribution in [2.45, 2.75) is 31.2 Å². The molecule has 0 spiro atoms. The van der Waals surface area contributed by atoms with Crippen LogP contribution in [0.5, 0.6) is 11.5 Å². The fourth-order valence-corrected chi connectivity index (χ4v) is 3.92. The third-order valence-electron chi connectivity index (χ3n) is 4.39. The van der Waals surface area contributed by atoms with Gasteiger partial charge in [-0.05, 0) is 56.2 Å². The van der Waals surface area contributed by atoms with Crippen LogP contribution in [0.1, 0.15) is 18.1 Å². The minimum absolute atomic E-state index is 0.114. The Labute approximate surface area is 175 Å². The fraction of sp³-hybridized carbons (Fsp3) is 0.273. The van der Waals surface area contributed by atoms with Crippen molar-refractivity contribution in [3.8, 4) is 17.2 Å². The predicted molar refractivity (Wildman–Crippen MR) is 117 cm³/mol. The topological polar surface area (TPSA) is 65.4 Å². The standard InChI is InChI=1S/C22H25N3O3S/c1-14-10-15(2)12-18(11-14)25-9-8-23-22(25)29-16(3)21(26)24-17-6-7-19(27-4)20(13-17)28-5/h6-13,16H,1-5H3,(H,24,26). The van der Waals surface area contributed by atoms with Crippen molar-refractivity contribution in [2.75, 3.05) is 19.5 Å². The summed E-state index contributed by atoms with van der Waals surface area (Å²) in [7, 11) is 3.14. The molecule has 2 aromatic carbocycles. The molecule has 29 heavy (non-hydrogen) atoms. The van der Waals surface area contributed by atoms with E-state index in [9.17, 15) is 4.79 Å². The summed E-state index contributed by atoms with van der Waals surface area (Å²) >= 11 is 1.41. The van der Waals surface area contributed by atoms with Crippen LogP contribution in [-0.4, -0.2) is 34.9 Å². The van der Waals surface area contributed by atoms with E-state index >= 15 is 0 Å². The lowest BCUT2D eigenvalue weighted by molar-refractivity contribution is -0.115. The molecule has 1 unspecified atom stereocenters. The zero-order chi connectivity index (χ0) is 21.0. The average molecular weight is 412 g/mol. The maximum atomic E-state index is 12.7. The van der Waals surface area contributed by atoms with Gasteiger partial charge in [-0.2, -0.15) is 0 Å². The van der Waals surface area contributed by atoms with Crippen molar-refractivity contribution in [3.05, 3.63) is 59.9 Å². The highest BCUT2D eigenvalue weighted by Gasteiger charge is 2.19. The van der Waals surface area contributed by atoms with E-state index in [0.717, 1.165) is 10.8 Å². The SMILES string of the molecule is COc1ccc(NC(=O)C(C)Sc2nccn2-c2cc(C)cc(C)c2)cc1OC. The van der Waals surface area contributed by atoms with Crippen molar-refractivity contribution in [2.24, 2.45) is 0 Å². The molecule has 0 fully saturated rings. The number of thioether (sulfide) groups is 1. The smallest absolute Gasteiger partial charge is 0.237 e. The molecule has 0 saturated heterocycles. The number of nitrogens with zero attached hydrogens (tertiary/aromatic N) is 2. The number of anilines is 1. The van der Waals surface area contributed by atoms with E-state index in [1.165, 1.54) is 22.9 Å². The van der Waals surface area contributed by atoms with Crippen LogP contribution in [0.4, 0.5) is 5.69 Å². The van der Waals surface area contributed by atoms with Crippen LogP contribution >= 0.6 is 11.8 Å². The highest BCUT2D eigenvalue weighted by molar-refractivity contribution is 8.00. The van der Waals surface area contributed by atoms with Gasteiger partial charge in [-0.15, -0.1) is 0 Å². The normalized spacial score (nSPS) is 11.8. The van der Waals surface area contributed by atoms with Crippen LogP contribution in [0, 0.1) is 13.8 Å². The Hall–Kier alpha value is -2.93. The molecule has 0 bridgehead atoms. The minimum Gasteiger partial charge on any atom is -0.493 e. The minimum atomic E-state index is -0.338. The molecule has 7 heteroatoms. The molecule has 3 aromatic rings. The van der Waals surface area contributed by atoms with E-state index in [-0.39, 0.29) is 11.2 Å². The van der Waals surface area contributed by atoms with Crippen LogP contribution in [-0.2, 0) is 4.79 Å². The molecule has 1 aromatic heterocycles. The quantitative estimate of drug-likeness (QED) is 0.575. The summed E-state index contributed by atoms with van der Waals surface area (Å²) in [5, 5.41) is 3.36. The lowest BCUT2D eigenvalue weighted by Crippen LogP contribution is -2.22. The second kappa shape index (κ2) is 9.05. The lowest BCUT2D eigenvalue weighted by Gasteiger charge is -2.15. The largest absolute Gasteiger partial charge is 0.493 e. The Morgan fingerprint density at radius 1 is 1.07 bits per heavy atom. The number of hydrogen-bond acceptors (Lipinski definition) is 5. The maximum Gasteiger partial charge on any atom is 0.237 e. The van der Waals surface area contributed by atoms with Gasteiger partial charge < -0.3 is 14.8 Å². The zero-order valence-corrected chi connectivity index (χ0v) is 18.0. The van der Waals surface area contributed by atoms with E-state index in [4.69, 9.17) is 9.47 Å². The van der Waals surface area contributed by atoms with E-state index in [0.29, 0.717) is 17.2 Å². The number of carbonyl (C=O) groups excluding carboxylic acids is 1. The van der Waals surface area contributed by atoms with Crippen molar-refractivity contribution < 1.29 is 14.3 Å². The number of amides is 1. The number of nitrogens with one attached hydrogen (secondary N) is 1. The molecule has 152 valence electrons.